The van der Waals surface area contributed by atoms with Crippen molar-refractivity contribution in [2.24, 2.45) is 0 Å². The summed E-state index contributed by atoms with van der Waals surface area (Å²) in [5, 5.41) is 18.9. The van der Waals surface area contributed by atoms with E-state index in [-0.39, 0.29) is 36.7 Å². The number of allylic oxidation sites excluding steroid dienone is 2. The first-order valence-corrected chi connectivity index (χ1v) is 4.07. The summed E-state index contributed by atoms with van der Waals surface area (Å²) in [6.07, 6.45) is 2.00. The van der Waals surface area contributed by atoms with Crippen LogP contribution < -0.4 is 0 Å². The van der Waals surface area contributed by atoms with E-state index in [1.54, 1.807) is 12.2 Å². The van der Waals surface area contributed by atoms with Gasteiger partial charge in [0.15, 0.2) is 0 Å². The molecule has 3 heteroatoms. The molecule has 0 heterocycles. The van der Waals surface area contributed by atoms with Gasteiger partial charge in [-0.2, -0.15) is 5.57 Å². The molecule has 0 saturated heterocycles. The van der Waals surface area contributed by atoms with Gasteiger partial charge in [0.05, 0.1) is 6.10 Å². The van der Waals surface area contributed by atoms with E-state index in [4.69, 9.17) is 6.58 Å². The molecule has 0 aromatic heterocycles. The van der Waals surface area contributed by atoms with Gasteiger partial charge in [-0.15, -0.1) is 0 Å². The van der Waals surface area contributed by atoms with Gasteiger partial charge in [0, 0.05) is 37.2 Å². The number of hydrogen-bond acceptors (Lipinski definition) is 2. The fourth-order valence-corrected chi connectivity index (χ4v) is 1.33. The van der Waals surface area contributed by atoms with Crippen LogP contribution >= 0.6 is 0 Å². The molecule has 0 amide bonds. The average Bonchev–Trinajstić information content (AvgIpc) is 2.11. The Balaban J connectivity index is 0.00000169. The van der Waals surface area contributed by atoms with Crippen molar-refractivity contribution in [3.8, 4) is 0 Å². The maximum absolute atomic E-state index is 9.52. The van der Waals surface area contributed by atoms with Crippen LogP contribution in [0, 0.1) is 37.7 Å². The SMILES string of the molecule is [CH-]=C1[C@H](O)C(=C)/C(=C/C=C)C[C@H]1O.[U]. The molecular weight excluding hydrogens is 402 g/mol. The molecule has 74 valence electrons. The van der Waals surface area contributed by atoms with E-state index in [1.165, 1.54) is 0 Å². The summed E-state index contributed by atoms with van der Waals surface area (Å²) in [5.41, 5.74) is 1.51. The molecule has 2 atom stereocenters. The Morgan fingerprint density at radius 3 is 2.50 bits per heavy atom. The smallest absolute Gasteiger partial charge is 0.0703 e. The van der Waals surface area contributed by atoms with Crippen LogP contribution in [0.15, 0.2) is 42.0 Å². The predicted octanol–water partition coefficient (Wildman–Crippen LogP) is 1.14. The van der Waals surface area contributed by atoms with Crippen molar-refractivity contribution in [2.45, 2.75) is 18.6 Å². The first kappa shape index (κ1) is 13.9. The summed E-state index contributed by atoms with van der Waals surface area (Å²) < 4.78 is 0. The first-order chi connectivity index (χ1) is 6.07. The molecule has 2 nitrogen and oxygen atoms in total. The van der Waals surface area contributed by atoms with Gasteiger partial charge in [-0.05, 0) is 17.6 Å². The minimum absolute atomic E-state index is 0. The molecule has 0 bridgehead atoms. The van der Waals surface area contributed by atoms with Crippen molar-refractivity contribution in [3.63, 3.8) is 0 Å². The summed E-state index contributed by atoms with van der Waals surface area (Å²) in [5.74, 6) is 0. The van der Waals surface area contributed by atoms with Gasteiger partial charge in [0.25, 0.3) is 0 Å². The zero-order chi connectivity index (χ0) is 10.0. The minimum atomic E-state index is -0.935. The maximum Gasteiger partial charge on any atom is 0.0703 e. The van der Waals surface area contributed by atoms with E-state index in [2.05, 4.69) is 13.2 Å². The van der Waals surface area contributed by atoms with Crippen molar-refractivity contribution in [1.29, 1.82) is 0 Å². The quantitative estimate of drug-likeness (QED) is 0.631. The molecule has 0 aliphatic heterocycles. The number of aliphatic hydroxyl groups excluding tert-OH is 2. The van der Waals surface area contributed by atoms with Crippen LogP contribution in [0.1, 0.15) is 6.42 Å². The van der Waals surface area contributed by atoms with E-state index in [1.807, 2.05) is 0 Å². The Kier molecular flexibility index (Phi) is 5.70. The van der Waals surface area contributed by atoms with E-state index in [9.17, 15) is 10.2 Å². The Labute approximate surface area is 108 Å². The number of rotatable bonds is 1. The van der Waals surface area contributed by atoms with Crippen LogP contribution in [0.2, 0.25) is 0 Å². The molecule has 0 radical (unpaired) electrons. The summed E-state index contributed by atoms with van der Waals surface area (Å²) >= 11 is 0. The Hall–Kier alpha value is -0.0681. The van der Waals surface area contributed by atoms with Crippen molar-refractivity contribution in [2.75, 3.05) is 0 Å². The van der Waals surface area contributed by atoms with Crippen LogP contribution in [0.25, 0.3) is 0 Å². The van der Waals surface area contributed by atoms with E-state index >= 15 is 0 Å². The summed E-state index contributed by atoms with van der Waals surface area (Å²) in [4.78, 5) is 0. The van der Waals surface area contributed by atoms with Crippen LogP contribution in [-0.2, 0) is 0 Å². The van der Waals surface area contributed by atoms with Gasteiger partial charge in [-0.1, -0.05) is 25.3 Å². The number of hydrogen-bond donors (Lipinski definition) is 2. The number of aliphatic hydroxyl groups is 2. The van der Waals surface area contributed by atoms with Crippen LogP contribution in [0.5, 0.6) is 0 Å². The average molecular weight is 415 g/mol. The maximum atomic E-state index is 9.52. The molecule has 2 N–H and O–H groups in total. The third-order valence-electron chi connectivity index (χ3n) is 2.18. The van der Waals surface area contributed by atoms with Gasteiger partial charge >= 0.3 is 0 Å². The molecule has 0 unspecified atom stereocenters. The Bertz CT molecular complexity index is 292. The van der Waals surface area contributed by atoms with Gasteiger partial charge in [-0.25, -0.2) is 0 Å². The van der Waals surface area contributed by atoms with Crippen molar-refractivity contribution in [1.82, 2.24) is 0 Å². The second kappa shape index (κ2) is 5.73. The molecule has 1 aliphatic carbocycles. The summed E-state index contributed by atoms with van der Waals surface area (Å²) in [6, 6.07) is 0. The third-order valence-corrected chi connectivity index (χ3v) is 2.18. The topological polar surface area (TPSA) is 40.5 Å². The van der Waals surface area contributed by atoms with Crippen molar-refractivity contribution < 1.29 is 41.3 Å². The van der Waals surface area contributed by atoms with Gasteiger partial charge in [0.1, 0.15) is 0 Å². The Morgan fingerprint density at radius 2 is 2.00 bits per heavy atom. The third kappa shape index (κ3) is 2.71. The summed E-state index contributed by atoms with van der Waals surface area (Å²) in [7, 11) is 0. The fourth-order valence-electron chi connectivity index (χ4n) is 1.33. The van der Waals surface area contributed by atoms with Gasteiger partial charge in [0.2, 0.25) is 0 Å². The molecule has 0 aromatic carbocycles. The van der Waals surface area contributed by atoms with Crippen LogP contribution in [0.4, 0.5) is 0 Å². The zero-order valence-electron chi connectivity index (χ0n) is 7.90. The molecule has 1 aliphatic rings. The molecular formula is C11H13O2U-. The normalized spacial score (nSPS) is 30.0. The molecule has 1 saturated carbocycles. The van der Waals surface area contributed by atoms with Gasteiger partial charge in [-0.3, -0.25) is 0 Å². The zero-order valence-corrected chi connectivity index (χ0v) is 12.1. The van der Waals surface area contributed by atoms with Gasteiger partial charge < -0.3 is 16.8 Å². The fraction of sp³-hybridized carbons (Fsp3) is 0.273. The molecule has 1 rings (SSSR count). The van der Waals surface area contributed by atoms with E-state index in [0.717, 1.165) is 5.57 Å². The van der Waals surface area contributed by atoms with Crippen LogP contribution in [0.3, 0.4) is 0 Å². The van der Waals surface area contributed by atoms with Crippen LogP contribution in [-0.4, -0.2) is 22.4 Å². The monoisotopic (exact) mass is 415 g/mol. The molecule has 0 spiro atoms. The standard InChI is InChI=1S/C11H13O2.U/c1-4-5-9-6-10(12)8(3)11(13)7(9)2;/h3-5,10-13H,1-2,6H2;/q-1;/b9-5+;/t10-,11-;/m1./s1. The molecule has 14 heavy (non-hydrogen) atoms. The minimum Gasteiger partial charge on any atom is -0.509 e. The van der Waals surface area contributed by atoms with E-state index < -0.39 is 12.2 Å². The second-order valence-electron chi connectivity index (χ2n) is 3.08. The summed E-state index contributed by atoms with van der Waals surface area (Å²) in [6.45, 7) is 12.7. The molecule has 1 fully saturated rings. The molecule has 0 aromatic rings. The van der Waals surface area contributed by atoms with E-state index in [0.29, 0.717) is 12.0 Å². The van der Waals surface area contributed by atoms with Crippen molar-refractivity contribution in [3.05, 3.63) is 48.6 Å². The Morgan fingerprint density at radius 1 is 1.43 bits per heavy atom. The predicted molar refractivity (Wildman–Crippen MR) is 51.9 cm³/mol. The second-order valence-corrected chi connectivity index (χ2v) is 3.08. The largest absolute Gasteiger partial charge is 0.509 e. The first-order valence-electron chi connectivity index (χ1n) is 4.07. The van der Waals surface area contributed by atoms with Crippen molar-refractivity contribution >= 4 is 0 Å².